The van der Waals surface area contributed by atoms with Gasteiger partial charge >= 0.3 is 0 Å². The first-order chi connectivity index (χ1) is 4.98. The maximum absolute atomic E-state index is 5.37. The summed E-state index contributed by atoms with van der Waals surface area (Å²) >= 11 is 0. The van der Waals surface area contributed by atoms with Gasteiger partial charge in [-0.05, 0) is 24.3 Å². The molecule has 0 aromatic carbocycles. The number of hydrogen-bond donors (Lipinski definition) is 1. The summed E-state index contributed by atoms with van der Waals surface area (Å²) in [6.45, 7) is 9.76. The summed E-state index contributed by atoms with van der Waals surface area (Å²) < 4.78 is 0. The minimum Gasteiger partial charge on any atom is -0.330 e. The van der Waals surface area contributed by atoms with E-state index in [0.29, 0.717) is 11.3 Å². The lowest BCUT2D eigenvalue weighted by atomic mass is 9.82. The van der Waals surface area contributed by atoms with Crippen molar-refractivity contribution in [3.05, 3.63) is 12.2 Å². The van der Waals surface area contributed by atoms with Crippen LogP contribution >= 0.6 is 0 Å². The molecule has 0 aliphatic heterocycles. The molecule has 0 fully saturated rings. The third-order valence-corrected chi connectivity index (χ3v) is 2.12. The Morgan fingerprint density at radius 1 is 1.36 bits per heavy atom. The van der Waals surface area contributed by atoms with Crippen LogP contribution in [0.3, 0.4) is 0 Å². The lowest BCUT2D eigenvalue weighted by Gasteiger charge is -2.24. The van der Waals surface area contributed by atoms with E-state index in [-0.39, 0.29) is 0 Å². The molecule has 0 rings (SSSR count). The van der Waals surface area contributed by atoms with Gasteiger partial charge in [0.2, 0.25) is 0 Å². The molecule has 1 unspecified atom stereocenters. The quantitative estimate of drug-likeness (QED) is 0.623. The van der Waals surface area contributed by atoms with Gasteiger partial charge in [-0.2, -0.15) is 0 Å². The Balaban J connectivity index is 3.77. The van der Waals surface area contributed by atoms with Crippen LogP contribution in [0.2, 0.25) is 0 Å². The normalized spacial score (nSPS) is 15.7. The number of nitrogens with two attached hydrogens (primary N) is 1. The third kappa shape index (κ3) is 5.02. The smallest absolute Gasteiger partial charge is 0.00426 e. The summed E-state index contributed by atoms with van der Waals surface area (Å²) in [5.74, 6) is 0.633. The van der Waals surface area contributed by atoms with Gasteiger partial charge in [0.1, 0.15) is 0 Å². The van der Waals surface area contributed by atoms with E-state index < -0.39 is 0 Å². The average Bonchev–Trinajstić information content (AvgIpc) is 1.86. The molecule has 0 radical (unpaired) electrons. The highest BCUT2D eigenvalue weighted by molar-refractivity contribution is 4.91. The van der Waals surface area contributed by atoms with Crippen LogP contribution in [0.4, 0.5) is 0 Å². The number of rotatable bonds is 3. The van der Waals surface area contributed by atoms with Crippen LogP contribution in [-0.2, 0) is 0 Å². The minimum atomic E-state index is 0.380. The molecule has 0 aromatic heterocycles. The largest absolute Gasteiger partial charge is 0.330 e. The van der Waals surface area contributed by atoms with Crippen LogP contribution in [0, 0.1) is 11.3 Å². The van der Waals surface area contributed by atoms with E-state index in [1.54, 1.807) is 0 Å². The maximum Gasteiger partial charge on any atom is -0.00426 e. The molecule has 0 aliphatic rings. The Bertz CT molecular complexity index is 119. The van der Waals surface area contributed by atoms with Gasteiger partial charge in [-0.3, -0.25) is 0 Å². The molecular weight excluding hydrogens is 134 g/mol. The Morgan fingerprint density at radius 2 is 1.91 bits per heavy atom. The molecular formula is C10H21N. The highest BCUT2D eigenvalue weighted by atomic mass is 14.5. The summed E-state index contributed by atoms with van der Waals surface area (Å²) in [5.41, 5.74) is 5.75. The molecule has 0 aromatic rings. The summed E-state index contributed by atoms with van der Waals surface area (Å²) in [7, 11) is 0. The van der Waals surface area contributed by atoms with E-state index in [0.717, 1.165) is 13.0 Å². The van der Waals surface area contributed by atoms with Crippen LogP contribution in [-0.4, -0.2) is 6.54 Å². The van der Waals surface area contributed by atoms with Crippen molar-refractivity contribution >= 4 is 0 Å². The van der Waals surface area contributed by atoms with Gasteiger partial charge in [-0.1, -0.05) is 39.8 Å². The van der Waals surface area contributed by atoms with Gasteiger partial charge in [0.05, 0.1) is 0 Å². The lowest BCUT2D eigenvalue weighted by Crippen LogP contribution is -2.14. The van der Waals surface area contributed by atoms with Crippen LogP contribution < -0.4 is 5.73 Å². The zero-order chi connectivity index (χ0) is 8.91. The first kappa shape index (κ1) is 10.7. The molecule has 0 heterocycles. The maximum atomic E-state index is 5.37. The van der Waals surface area contributed by atoms with E-state index >= 15 is 0 Å². The Hall–Kier alpha value is -0.300. The highest BCUT2D eigenvalue weighted by Gasteiger charge is 2.16. The third-order valence-electron chi connectivity index (χ3n) is 2.12. The molecule has 1 heteroatoms. The fourth-order valence-corrected chi connectivity index (χ4v) is 0.685. The molecule has 66 valence electrons. The first-order valence-corrected chi connectivity index (χ1v) is 4.35. The molecule has 0 spiro atoms. The first-order valence-electron chi connectivity index (χ1n) is 4.35. The highest BCUT2D eigenvalue weighted by Crippen LogP contribution is 2.26. The van der Waals surface area contributed by atoms with Gasteiger partial charge in [0.15, 0.2) is 0 Å². The SMILES string of the molecule is CC(/C=C/CCN)C(C)(C)C. The Labute approximate surface area is 70.7 Å². The molecule has 11 heavy (non-hydrogen) atoms. The molecule has 1 atom stereocenters. The second-order valence-corrected chi connectivity index (χ2v) is 4.16. The van der Waals surface area contributed by atoms with Gasteiger partial charge in [0.25, 0.3) is 0 Å². The molecule has 0 aliphatic carbocycles. The lowest BCUT2D eigenvalue weighted by molar-refractivity contribution is 0.314. The van der Waals surface area contributed by atoms with Gasteiger partial charge < -0.3 is 5.73 Å². The summed E-state index contributed by atoms with van der Waals surface area (Å²) in [6, 6.07) is 0. The fourth-order valence-electron chi connectivity index (χ4n) is 0.685. The molecule has 2 N–H and O–H groups in total. The summed E-state index contributed by atoms with van der Waals surface area (Å²) in [5, 5.41) is 0. The second-order valence-electron chi connectivity index (χ2n) is 4.16. The summed E-state index contributed by atoms with van der Waals surface area (Å²) in [4.78, 5) is 0. The van der Waals surface area contributed by atoms with Crippen LogP contribution in [0.15, 0.2) is 12.2 Å². The average molecular weight is 155 g/mol. The second kappa shape index (κ2) is 4.55. The molecule has 0 amide bonds. The van der Waals surface area contributed by atoms with Gasteiger partial charge in [-0.15, -0.1) is 0 Å². The van der Waals surface area contributed by atoms with E-state index in [2.05, 4.69) is 39.8 Å². The van der Waals surface area contributed by atoms with Crippen LogP contribution in [0.5, 0.6) is 0 Å². The fraction of sp³-hybridized carbons (Fsp3) is 0.800. The van der Waals surface area contributed by atoms with Gasteiger partial charge in [-0.25, -0.2) is 0 Å². The predicted molar refractivity (Wildman–Crippen MR) is 51.4 cm³/mol. The van der Waals surface area contributed by atoms with Crippen LogP contribution in [0.1, 0.15) is 34.1 Å². The number of hydrogen-bond acceptors (Lipinski definition) is 1. The molecule has 0 saturated carbocycles. The minimum absolute atomic E-state index is 0.380. The van der Waals surface area contributed by atoms with Crippen molar-refractivity contribution in [3.63, 3.8) is 0 Å². The van der Waals surface area contributed by atoms with E-state index in [1.807, 2.05) is 0 Å². The summed E-state index contributed by atoms with van der Waals surface area (Å²) in [6.07, 6.45) is 5.43. The monoisotopic (exact) mass is 155 g/mol. The van der Waals surface area contributed by atoms with E-state index in [4.69, 9.17) is 5.73 Å². The Morgan fingerprint density at radius 3 is 2.27 bits per heavy atom. The molecule has 1 nitrogen and oxygen atoms in total. The zero-order valence-corrected chi connectivity index (χ0v) is 8.22. The van der Waals surface area contributed by atoms with Crippen molar-refractivity contribution < 1.29 is 0 Å². The Kier molecular flexibility index (Phi) is 4.43. The molecule has 0 bridgehead atoms. The van der Waals surface area contributed by atoms with Gasteiger partial charge in [0, 0.05) is 0 Å². The zero-order valence-electron chi connectivity index (χ0n) is 8.22. The standard InChI is InChI=1S/C10H21N/c1-9(10(2,3)4)7-5-6-8-11/h5,7,9H,6,8,11H2,1-4H3/b7-5+. The predicted octanol–water partition coefficient (Wildman–Crippen LogP) is 2.57. The molecule has 0 saturated heterocycles. The van der Waals surface area contributed by atoms with Crippen molar-refractivity contribution in [2.24, 2.45) is 17.1 Å². The van der Waals surface area contributed by atoms with Crippen molar-refractivity contribution in [2.45, 2.75) is 34.1 Å². The van der Waals surface area contributed by atoms with E-state index in [1.165, 1.54) is 0 Å². The van der Waals surface area contributed by atoms with Crippen molar-refractivity contribution in [1.29, 1.82) is 0 Å². The topological polar surface area (TPSA) is 26.0 Å². The number of allylic oxidation sites excluding steroid dienone is 1. The van der Waals surface area contributed by atoms with E-state index in [9.17, 15) is 0 Å². The van der Waals surface area contributed by atoms with Crippen molar-refractivity contribution in [1.82, 2.24) is 0 Å². The van der Waals surface area contributed by atoms with Crippen molar-refractivity contribution in [3.8, 4) is 0 Å². The van der Waals surface area contributed by atoms with Crippen molar-refractivity contribution in [2.75, 3.05) is 6.54 Å². The van der Waals surface area contributed by atoms with Crippen LogP contribution in [0.25, 0.3) is 0 Å².